The Labute approximate surface area is 104 Å². The maximum Gasteiger partial charge on any atom is 0.268 e. The topological polar surface area (TPSA) is 98.7 Å². The Morgan fingerprint density at radius 2 is 2.22 bits per heavy atom. The van der Waals surface area contributed by atoms with E-state index in [0.717, 1.165) is 0 Å². The van der Waals surface area contributed by atoms with Crippen molar-refractivity contribution in [2.45, 2.75) is 19.4 Å². The minimum atomic E-state index is -0.583. The molecule has 0 aromatic heterocycles. The number of benzene rings is 1. The van der Waals surface area contributed by atoms with Crippen molar-refractivity contribution in [3.05, 3.63) is 18.2 Å². The van der Waals surface area contributed by atoms with Crippen LogP contribution in [0, 0.1) is 0 Å². The van der Waals surface area contributed by atoms with Crippen LogP contribution in [0.15, 0.2) is 18.2 Å². The minimum Gasteiger partial charge on any atom is -0.478 e. The molecule has 6 nitrogen and oxygen atoms in total. The van der Waals surface area contributed by atoms with E-state index in [9.17, 15) is 9.59 Å². The lowest BCUT2D eigenvalue weighted by Gasteiger charge is -2.33. The van der Waals surface area contributed by atoms with Crippen LogP contribution in [0.1, 0.15) is 13.3 Å². The number of rotatable bonds is 3. The number of hydrogen-bond acceptors (Lipinski definition) is 4. The number of primary amides is 1. The first-order valence-corrected chi connectivity index (χ1v) is 5.68. The minimum absolute atomic E-state index is 0.171. The number of ether oxygens (including phenoxy) is 1. The summed E-state index contributed by atoms with van der Waals surface area (Å²) in [5.74, 6) is -0.306. The van der Waals surface area contributed by atoms with E-state index in [0.29, 0.717) is 23.5 Å². The van der Waals surface area contributed by atoms with Crippen LogP contribution >= 0.6 is 0 Å². The molecular weight excluding hydrogens is 234 g/mol. The Hall–Kier alpha value is -2.24. The van der Waals surface area contributed by atoms with Crippen LogP contribution in [-0.4, -0.2) is 24.5 Å². The molecule has 0 saturated heterocycles. The first-order chi connectivity index (χ1) is 8.52. The predicted molar refractivity (Wildman–Crippen MR) is 67.1 cm³/mol. The summed E-state index contributed by atoms with van der Waals surface area (Å²) in [5, 5.41) is 0. The van der Waals surface area contributed by atoms with E-state index in [2.05, 4.69) is 0 Å². The van der Waals surface area contributed by atoms with E-state index in [1.54, 1.807) is 18.2 Å². The summed E-state index contributed by atoms with van der Waals surface area (Å²) in [4.78, 5) is 24.5. The van der Waals surface area contributed by atoms with Crippen LogP contribution in [0.3, 0.4) is 0 Å². The van der Waals surface area contributed by atoms with Gasteiger partial charge >= 0.3 is 0 Å². The number of amides is 2. The molecule has 0 radical (unpaired) electrons. The Bertz CT molecular complexity index is 501. The normalized spacial score (nSPS) is 18.2. The van der Waals surface area contributed by atoms with E-state index in [4.69, 9.17) is 16.2 Å². The maximum absolute atomic E-state index is 12.1. The number of hydrogen-bond donors (Lipinski definition) is 2. The summed E-state index contributed by atoms with van der Waals surface area (Å²) in [5.41, 5.74) is 11.8. The Balaban J connectivity index is 2.45. The van der Waals surface area contributed by atoms with Crippen LogP contribution in [0.4, 0.5) is 11.4 Å². The second-order valence-electron chi connectivity index (χ2n) is 4.13. The molecule has 2 amide bonds. The molecule has 4 N–H and O–H groups in total. The van der Waals surface area contributed by atoms with Crippen molar-refractivity contribution in [2.24, 2.45) is 5.73 Å². The van der Waals surface area contributed by atoms with E-state index < -0.39 is 12.0 Å². The van der Waals surface area contributed by atoms with Gasteiger partial charge < -0.3 is 16.2 Å². The highest BCUT2D eigenvalue weighted by Crippen LogP contribution is 2.35. The number of nitrogens with two attached hydrogens (primary N) is 2. The fourth-order valence-corrected chi connectivity index (χ4v) is 1.92. The van der Waals surface area contributed by atoms with Gasteiger partial charge in [0.25, 0.3) is 5.91 Å². The number of nitrogen functional groups attached to an aromatic ring is 1. The molecule has 0 aliphatic carbocycles. The van der Waals surface area contributed by atoms with E-state index in [1.807, 2.05) is 6.92 Å². The number of nitrogens with zero attached hydrogens (tertiary/aromatic N) is 1. The lowest BCUT2D eigenvalue weighted by molar-refractivity contribution is -0.128. The van der Waals surface area contributed by atoms with Gasteiger partial charge in [-0.05, 0) is 24.6 Å². The molecule has 1 aliphatic rings. The summed E-state index contributed by atoms with van der Waals surface area (Å²) < 4.78 is 5.56. The second-order valence-corrected chi connectivity index (χ2v) is 4.13. The molecule has 0 spiro atoms. The van der Waals surface area contributed by atoms with Gasteiger partial charge in [-0.25, -0.2) is 0 Å². The van der Waals surface area contributed by atoms with E-state index in [1.165, 1.54) is 4.90 Å². The lowest BCUT2D eigenvalue weighted by atomic mass is 10.1. The number of carbonyl (C=O) groups excluding carboxylic acids is 2. The van der Waals surface area contributed by atoms with Gasteiger partial charge in [0.2, 0.25) is 5.91 Å². The van der Waals surface area contributed by atoms with Crippen LogP contribution in [0.25, 0.3) is 0 Å². The van der Waals surface area contributed by atoms with Gasteiger partial charge in [0.1, 0.15) is 12.3 Å². The third-order valence-electron chi connectivity index (χ3n) is 2.77. The van der Waals surface area contributed by atoms with Crippen LogP contribution in [-0.2, 0) is 9.59 Å². The van der Waals surface area contributed by atoms with Crippen LogP contribution in [0.5, 0.6) is 5.75 Å². The monoisotopic (exact) mass is 249 g/mol. The molecule has 18 heavy (non-hydrogen) atoms. The van der Waals surface area contributed by atoms with Crippen molar-refractivity contribution in [1.82, 2.24) is 0 Å². The van der Waals surface area contributed by atoms with Crippen molar-refractivity contribution in [3.8, 4) is 5.75 Å². The Morgan fingerprint density at radius 1 is 1.50 bits per heavy atom. The van der Waals surface area contributed by atoms with E-state index >= 15 is 0 Å². The molecule has 0 bridgehead atoms. The van der Waals surface area contributed by atoms with Crippen LogP contribution in [0.2, 0.25) is 0 Å². The van der Waals surface area contributed by atoms with Gasteiger partial charge in [0.15, 0.2) is 6.10 Å². The van der Waals surface area contributed by atoms with Gasteiger partial charge in [0, 0.05) is 5.69 Å². The molecule has 6 heteroatoms. The highest BCUT2D eigenvalue weighted by molar-refractivity contribution is 6.04. The van der Waals surface area contributed by atoms with Crippen molar-refractivity contribution in [3.63, 3.8) is 0 Å². The SMILES string of the molecule is CCC1Oc2ccc(N)cc2N(CC(N)=O)C1=O. The molecule has 0 saturated carbocycles. The molecule has 96 valence electrons. The fourth-order valence-electron chi connectivity index (χ4n) is 1.92. The van der Waals surface area contributed by atoms with Gasteiger partial charge in [-0.1, -0.05) is 6.92 Å². The molecule has 1 aromatic carbocycles. The van der Waals surface area contributed by atoms with Gasteiger partial charge in [-0.3, -0.25) is 14.5 Å². The first-order valence-electron chi connectivity index (χ1n) is 5.68. The smallest absolute Gasteiger partial charge is 0.268 e. The quantitative estimate of drug-likeness (QED) is 0.750. The molecule has 1 aliphatic heterocycles. The second kappa shape index (κ2) is 4.56. The van der Waals surface area contributed by atoms with Gasteiger partial charge in [-0.15, -0.1) is 0 Å². The van der Waals surface area contributed by atoms with Gasteiger partial charge in [0.05, 0.1) is 5.69 Å². The average Bonchev–Trinajstić information content (AvgIpc) is 2.32. The largest absolute Gasteiger partial charge is 0.478 e. The third-order valence-corrected chi connectivity index (χ3v) is 2.77. The number of fused-ring (bicyclic) bond motifs is 1. The molecular formula is C12H15N3O3. The molecule has 1 aromatic rings. The summed E-state index contributed by atoms with van der Waals surface area (Å²) in [6, 6.07) is 4.97. The van der Waals surface area contributed by atoms with Crippen molar-refractivity contribution >= 4 is 23.2 Å². The molecule has 2 rings (SSSR count). The zero-order valence-electron chi connectivity index (χ0n) is 10.1. The van der Waals surface area contributed by atoms with Gasteiger partial charge in [-0.2, -0.15) is 0 Å². The third kappa shape index (κ3) is 2.09. The number of anilines is 2. The van der Waals surface area contributed by atoms with Crippen molar-refractivity contribution < 1.29 is 14.3 Å². The maximum atomic E-state index is 12.1. The highest BCUT2D eigenvalue weighted by Gasteiger charge is 2.34. The number of carbonyl (C=O) groups is 2. The zero-order chi connectivity index (χ0) is 13.3. The van der Waals surface area contributed by atoms with Crippen molar-refractivity contribution in [2.75, 3.05) is 17.2 Å². The summed E-state index contributed by atoms with van der Waals surface area (Å²) in [6.45, 7) is 1.67. The Kier molecular flexibility index (Phi) is 3.10. The summed E-state index contributed by atoms with van der Waals surface area (Å²) in [7, 11) is 0. The summed E-state index contributed by atoms with van der Waals surface area (Å²) in [6.07, 6.45) is -0.0572. The molecule has 0 fully saturated rings. The lowest BCUT2D eigenvalue weighted by Crippen LogP contribution is -2.48. The zero-order valence-corrected chi connectivity index (χ0v) is 10.1. The standard InChI is InChI=1S/C12H15N3O3/c1-2-9-12(17)15(6-11(14)16)8-5-7(13)3-4-10(8)18-9/h3-5,9H,2,6,13H2,1H3,(H2,14,16). The highest BCUT2D eigenvalue weighted by atomic mass is 16.5. The van der Waals surface area contributed by atoms with Crippen LogP contribution < -0.4 is 21.1 Å². The molecule has 1 unspecified atom stereocenters. The van der Waals surface area contributed by atoms with Crippen molar-refractivity contribution in [1.29, 1.82) is 0 Å². The average molecular weight is 249 g/mol. The molecule has 1 heterocycles. The fraction of sp³-hybridized carbons (Fsp3) is 0.333. The Morgan fingerprint density at radius 3 is 2.83 bits per heavy atom. The predicted octanol–water partition coefficient (Wildman–Crippen LogP) is 0.258. The van der Waals surface area contributed by atoms with E-state index in [-0.39, 0.29) is 12.5 Å². The summed E-state index contributed by atoms with van der Waals surface area (Å²) >= 11 is 0. The molecule has 1 atom stereocenters. The first kappa shape index (κ1) is 12.2.